The number of hydrogen-bond acceptors (Lipinski definition) is 12. The topological polar surface area (TPSA) is 283 Å². The molecule has 1 aliphatic heterocycles. The van der Waals surface area contributed by atoms with Crippen LogP contribution >= 0.6 is 23.5 Å². The van der Waals surface area contributed by atoms with Crippen LogP contribution in [0.4, 0.5) is 0 Å². The molecule has 2 rings (SSSR count). The van der Waals surface area contributed by atoms with Gasteiger partial charge >= 0.3 is 29.2 Å². The molecule has 1 aliphatic rings. The largest absolute Gasteiger partial charge is 0.490 e. The fraction of sp³-hybridized carbons (Fsp3) is 0.583. The SMILES string of the molecule is CC#CC1(N)C(O)[C@@H]([C@H](C)OP(=O)(O)OP(=O)(O)OP(=O)(O)O)O[C@H]1n1ncc(=O)[nH]c1=O. The molecule has 0 aromatic carbocycles. The number of nitrogens with one attached hydrogen (secondary N) is 1. The first-order valence-corrected chi connectivity index (χ1v) is 13.0. The Morgan fingerprint density at radius 3 is 2.36 bits per heavy atom. The van der Waals surface area contributed by atoms with Crippen molar-refractivity contribution in [3.63, 3.8) is 0 Å². The van der Waals surface area contributed by atoms with E-state index in [1.807, 2.05) is 4.98 Å². The van der Waals surface area contributed by atoms with Crippen LogP contribution in [0.3, 0.4) is 0 Å². The molecule has 0 amide bonds. The average Bonchev–Trinajstić information content (AvgIpc) is 2.83. The van der Waals surface area contributed by atoms with Gasteiger partial charge in [-0.2, -0.15) is 18.4 Å². The number of aromatic nitrogens is 3. The summed E-state index contributed by atoms with van der Waals surface area (Å²) in [6.45, 7) is 2.36. The van der Waals surface area contributed by atoms with Gasteiger partial charge in [-0.05, 0) is 13.8 Å². The minimum Gasteiger partial charge on any atom is -0.387 e. The normalized spacial score (nSPS) is 30.0. The van der Waals surface area contributed by atoms with Crippen molar-refractivity contribution >= 4 is 23.5 Å². The maximum absolute atomic E-state index is 12.1. The summed E-state index contributed by atoms with van der Waals surface area (Å²) in [5, 5.41) is 14.2. The van der Waals surface area contributed by atoms with Gasteiger partial charge in [-0.25, -0.2) is 18.5 Å². The van der Waals surface area contributed by atoms with E-state index in [4.69, 9.17) is 20.3 Å². The van der Waals surface area contributed by atoms with E-state index >= 15 is 0 Å². The number of aliphatic hydroxyl groups excluding tert-OH is 1. The molecule has 33 heavy (non-hydrogen) atoms. The zero-order valence-corrected chi connectivity index (χ0v) is 19.3. The Bertz CT molecular complexity index is 1210. The summed E-state index contributed by atoms with van der Waals surface area (Å²) in [5.41, 5.74) is 2.10. The molecule has 7 atom stereocenters. The van der Waals surface area contributed by atoms with Gasteiger partial charge in [-0.15, -0.1) is 5.92 Å². The van der Waals surface area contributed by atoms with E-state index in [1.165, 1.54) is 6.92 Å². The van der Waals surface area contributed by atoms with Gasteiger partial charge in [-0.3, -0.25) is 14.3 Å². The molecule has 0 radical (unpaired) electrons. The summed E-state index contributed by atoms with van der Waals surface area (Å²) in [7, 11) is -17.0. The van der Waals surface area contributed by atoms with Crippen molar-refractivity contribution in [3.05, 3.63) is 27.0 Å². The highest BCUT2D eigenvalue weighted by Gasteiger charge is 2.57. The molecule has 18 nitrogen and oxygen atoms in total. The van der Waals surface area contributed by atoms with Crippen molar-refractivity contribution in [2.75, 3.05) is 0 Å². The van der Waals surface area contributed by atoms with E-state index in [-0.39, 0.29) is 0 Å². The van der Waals surface area contributed by atoms with Crippen LogP contribution < -0.4 is 17.0 Å². The van der Waals surface area contributed by atoms with Crippen molar-refractivity contribution in [2.45, 2.75) is 43.9 Å². The summed E-state index contributed by atoms with van der Waals surface area (Å²) in [5.74, 6) is 4.84. The number of ether oxygens (including phenoxy) is 1. The number of nitrogens with two attached hydrogens (primary N) is 1. The highest BCUT2D eigenvalue weighted by atomic mass is 31.3. The third kappa shape index (κ3) is 6.75. The van der Waals surface area contributed by atoms with Crippen molar-refractivity contribution in [3.8, 4) is 11.8 Å². The lowest BCUT2D eigenvalue weighted by Crippen LogP contribution is -2.56. The van der Waals surface area contributed by atoms with Crippen LogP contribution in [0.2, 0.25) is 0 Å². The average molecular weight is 536 g/mol. The predicted molar refractivity (Wildman–Crippen MR) is 104 cm³/mol. The fourth-order valence-electron chi connectivity index (χ4n) is 2.83. The molecule has 21 heteroatoms. The number of aliphatic hydroxyl groups is 1. The minimum atomic E-state index is -5.79. The number of phosphoric ester groups is 1. The summed E-state index contributed by atoms with van der Waals surface area (Å²) in [6.07, 6.45) is -6.11. The van der Waals surface area contributed by atoms with Gasteiger partial charge in [0.1, 0.15) is 18.4 Å². The van der Waals surface area contributed by atoms with E-state index in [1.54, 1.807) is 0 Å². The summed E-state index contributed by atoms with van der Waals surface area (Å²) in [4.78, 5) is 61.3. The maximum atomic E-state index is 12.1. The highest BCUT2D eigenvalue weighted by molar-refractivity contribution is 7.66. The van der Waals surface area contributed by atoms with Crippen LogP contribution in [0.15, 0.2) is 15.8 Å². The Hall–Kier alpha value is -1.54. The molecule has 1 aromatic heterocycles. The maximum Gasteiger partial charge on any atom is 0.490 e. The first-order chi connectivity index (χ1) is 14.9. The lowest BCUT2D eigenvalue weighted by Gasteiger charge is -2.27. The van der Waals surface area contributed by atoms with E-state index < -0.39 is 64.8 Å². The predicted octanol–water partition coefficient (Wildman–Crippen LogP) is -2.36. The third-order valence-corrected chi connectivity index (χ3v) is 7.90. The zero-order chi connectivity index (χ0) is 25.4. The Labute approximate surface area is 183 Å². The highest BCUT2D eigenvalue weighted by Crippen LogP contribution is 2.66. The van der Waals surface area contributed by atoms with Gasteiger partial charge in [0.25, 0.3) is 5.56 Å². The molecule has 4 unspecified atom stereocenters. The van der Waals surface area contributed by atoms with Gasteiger partial charge in [0.05, 0.1) is 6.10 Å². The molecule has 186 valence electrons. The quantitative estimate of drug-likeness (QED) is 0.135. The molecule has 1 saturated heterocycles. The van der Waals surface area contributed by atoms with Crippen molar-refractivity contribution in [1.82, 2.24) is 14.8 Å². The second kappa shape index (κ2) is 9.61. The number of hydrogen-bond donors (Lipinski definition) is 7. The Morgan fingerprint density at radius 1 is 1.24 bits per heavy atom. The van der Waals surface area contributed by atoms with Gasteiger partial charge < -0.3 is 35.2 Å². The molecule has 1 aromatic rings. The lowest BCUT2D eigenvalue weighted by atomic mass is 9.90. The standard InChI is InChI=1S/C12H19N4O14P3/c1-3-4-12(13)9(18)8(27-10(12)16-11(19)15-7(17)5-14-16)6(2)28-32(23,24)30-33(25,26)29-31(20,21)22/h5-6,8-10,18H,13H2,1-2H3,(H,23,24)(H,25,26)(H,15,17,19)(H2,20,21,22)/t6-,8+,9?,10+,12?/m0/s1. The Kier molecular flexibility index (Phi) is 8.06. The molecule has 0 aliphatic carbocycles. The van der Waals surface area contributed by atoms with E-state index in [9.17, 15) is 38.2 Å². The van der Waals surface area contributed by atoms with Crippen LogP contribution in [0.1, 0.15) is 20.1 Å². The zero-order valence-electron chi connectivity index (χ0n) is 16.6. The second-order valence-electron chi connectivity index (χ2n) is 6.49. The van der Waals surface area contributed by atoms with Crippen LogP contribution in [-0.4, -0.2) is 63.3 Å². The van der Waals surface area contributed by atoms with E-state index in [0.717, 1.165) is 6.92 Å². The number of rotatable bonds is 8. The lowest BCUT2D eigenvalue weighted by molar-refractivity contribution is -0.0794. The van der Waals surface area contributed by atoms with Crippen molar-refractivity contribution in [2.24, 2.45) is 5.73 Å². The monoisotopic (exact) mass is 536 g/mol. The third-order valence-electron chi connectivity index (χ3n) is 3.97. The molecule has 0 saturated carbocycles. The van der Waals surface area contributed by atoms with Crippen LogP contribution in [-0.2, 0) is 31.6 Å². The van der Waals surface area contributed by atoms with E-state index in [0.29, 0.717) is 10.9 Å². The Morgan fingerprint density at radius 2 is 1.85 bits per heavy atom. The molecule has 1 fully saturated rings. The first-order valence-electron chi connectivity index (χ1n) is 8.47. The molecular formula is C12H19N4O14P3. The Balaban J connectivity index is 2.32. The molecule has 2 heterocycles. The summed E-state index contributed by atoms with van der Waals surface area (Å²) >= 11 is 0. The van der Waals surface area contributed by atoms with Gasteiger partial charge in [0.15, 0.2) is 11.8 Å². The van der Waals surface area contributed by atoms with Gasteiger partial charge in [-0.1, -0.05) is 5.92 Å². The summed E-state index contributed by atoms with van der Waals surface area (Å²) in [6, 6.07) is 0. The van der Waals surface area contributed by atoms with Gasteiger partial charge in [0, 0.05) is 0 Å². The molecule has 0 bridgehead atoms. The molecule has 8 N–H and O–H groups in total. The van der Waals surface area contributed by atoms with Crippen LogP contribution in [0, 0.1) is 11.8 Å². The van der Waals surface area contributed by atoms with Crippen LogP contribution in [0.5, 0.6) is 0 Å². The number of phosphoric acid groups is 3. The van der Waals surface area contributed by atoms with Gasteiger partial charge in [0.2, 0.25) is 0 Å². The smallest absolute Gasteiger partial charge is 0.387 e. The van der Waals surface area contributed by atoms with Crippen LogP contribution in [0.25, 0.3) is 0 Å². The van der Waals surface area contributed by atoms with Crippen molar-refractivity contribution in [1.29, 1.82) is 0 Å². The first kappa shape index (κ1) is 27.7. The number of H-pyrrole nitrogens is 1. The number of nitrogens with zero attached hydrogens (tertiary/aromatic N) is 2. The molecule has 0 spiro atoms. The van der Waals surface area contributed by atoms with Crippen molar-refractivity contribution < 1.29 is 56.3 Å². The fourth-order valence-corrected chi connectivity index (χ4v) is 6.03. The summed E-state index contributed by atoms with van der Waals surface area (Å²) < 4.78 is 52.1. The molecular weight excluding hydrogens is 517 g/mol. The second-order valence-corrected chi connectivity index (χ2v) is 10.9. The minimum absolute atomic E-state index is 0.548. The van der Waals surface area contributed by atoms with E-state index in [2.05, 4.69) is 30.1 Å². The number of aromatic amines is 1.